The van der Waals surface area contributed by atoms with Gasteiger partial charge >= 0.3 is 12.2 Å². The van der Waals surface area contributed by atoms with Crippen LogP contribution in [0, 0.1) is 23.7 Å². The largest absolute Gasteiger partial charge is 0.444 e. The van der Waals surface area contributed by atoms with Crippen molar-refractivity contribution in [1.29, 1.82) is 0 Å². The smallest absolute Gasteiger partial charge is 0.410 e. The minimum atomic E-state index is -0.414. The van der Waals surface area contributed by atoms with Gasteiger partial charge in [-0.25, -0.2) is 9.59 Å². The Labute approximate surface area is 195 Å². The van der Waals surface area contributed by atoms with Crippen LogP contribution in [-0.4, -0.2) is 71.5 Å². The van der Waals surface area contributed by atoms with Crippen molar-refractivity contribution in [3.8, 4) is 0 Å². The van der Waals surface area contributed by atoms with Crippen LogP contribution in [0.25, 0.3) is 0 Å². The number of rotatable bonds is 4. The minimum Gasteiger partial charge on any atom is -0.444 e. The van der Waals surface area contributed by atoms with Crippen LogP contribution in [0.4, 0.5) is 9.59 Å². The Morgan fingerprint density at radius 1 is 0.688 bits per heavy atom. The molecule has 0 spiro atoms. The molecule has 2 atom stereocenters. The van der Waals surface area contributed by atoms with Crippen molar-refractivity contribution in [3.05, 3.63) is 0 Å². The van der Waals surface area contributed by atoms with Crippen molar-refractivity contribution >= 4 is 12.2 Å². The summed E-state index contributed by atoms with van der Waals surface area (Å²) in [5, 5.41) is 0. The molecule has 2 aliphatic rings. The van der Waals surface area contributed by atoms with Gasteiger partial charge in [0.05, 0.1) is 0 Å². The Morgan fingerprint density at radius 3 is 1.12 bits per heavy atom. The van der Waals surface area contributed by atoms with Gasteiger partial charge in [0.1, 0.15) is 11.2 Å². The normalized spacial score (nSPS) is 19.6. The third kappa shape index (κ3) is 9.14. The van der Waals surface area contributed by atoms with E-state index in [1.807, 2.05) is 41.5 Å². The number of nitrogens with two attached hydrogens (primary N) is 2. The van der Waals surface area contributed by atoms with Gasteiger partial charge in [0.15, 0.2) is 0 Å². The number of amides is 2. The Bertz CT molecular complexity index is 558. The van der Waals surface area contributed by atoms with Crippen LogP contribution in [0.3, 0.4) is 0 Å². The van der Waals surface area contributed by atoms with Gasteiger partial charge in [-0.15, -0.1) is 0 Å². The number of carbonyl (C=O) groups excluding carboxylic acids is 2. The molecule has 2 heterocycles. The molecule has 188 valence electrons. The van der Waals surface area contributed by atoms with E-state index in [0.29, 0.717) is 23.7 Å². The second-order valence-electron chi connectivity index (χ2n) is 11.9. The van der Waals surface area contributed by atoms with Crippen molar-refractivity contribution in [2.45, 2.75) is 92.5 Å². The highest BCUT2D eigenvalue weighted by Gasteiger charge is 2.38. The van der Waals surface area contributed by atoms with Gasteiger partial charge in [-0.3, -0.25) is 0 Å². The monoisotopic (exact) mass is 456 g/mol. The molecular formula is C24H48N4O4. The van der Waals surface area contributed by atoms with Crippen LogP contribution in [0.1, 0.15) is 69.2 Å². The standard InChI is InChI=1S/2C12H24N2O2/c2*1-8(2)10(13)9-6-14(7-9)11(15)16-12(3,4)5/h2*8-10H,6-7,13H2,1-5H3/t2*10-/m10/s1. The first kappa shape index (κ1) is 28.5. The van der Waals surface area contributed by atoms with E-state index in [1.165, 1.54) is 0 Å². The lowest BCUT2D eigenvalue weighted by atomic mass is 9.86. The summed E-state index contributed by atoms with van der Waals surface area (Å²) in [6.07, 6.45) is -0.445. The summed E-state index contributed by atoms with van der Waals surface area (Å²) < 4.78 is 10.6. The molecule has 0 unspecified atom stereocenters. The van der Waals surface area contributed by atoms with Crippen molar-refractivity contribution in [2.75, 3.05) is 26.2 Å². The second kappa shape index (κ2) is 11.1. The van der Waals surface area contributed by atoms with Crippen LogP contribution in [-0.2, 0) is 9.47 Å². The van der Waals surface area contributed by atoms with E-state index in [1.54, 1.807) is 9.80 Å². The Kier molecular flexibility index (Phi) is 9.84. The van der Waals surface area contributed by atoms with E-state index in [-0.39, 0.29) is 24.3 Å². The lowest BCUT2D eigenvalue weighted by molar-refractivity contribution is -0.00785. The minimum absolute atomic E-state index is 0.179. The summed E-state index contributed by atoms with van der Waals surface area (Å²) in [7, 11) is 0. The number of carbonyl (C=O) groups is 2. The molecule has 0 bridgehead atoms. The van der Waals surface area contributed by atoms with Crippen LogP contribution in [0.5, 0.6) is 0 Å². The molecule has 2 amide bonds. The number of nitrogens with zero attached hydrogens (tertiary/aromatic N) is 2. The zero-order valence-electron chi connectivity index (χ0n) is 22.0. The summed E-state index contributed by atoms with van der Waals surface area (Å²) in [6, 6.07) is 0.359. The van der Waals surface area contributed by atoms with Crippen LogP contribution < -0.4 is 11.5 Å². The highest BCUT2D eigenvalue weighted by atomic mass is 16.6. The van der Waals surface area contributed by atoms with E-state index in [0.717, 1.165) is 26.2 Å². The summed E-state index contributed by atoms with van der Waals surface area (Å²) in [4.78, 5) is 26.7. The lowest BCUT2D eigenvalue weighted by Gasteiger charge is -2.43. The molecular weight excluding hydrogens is 408 g/mol. The van der Waals surface area contributed by atoms with Gasteiger partial charge in [-0.1, -0.05) is 27.7 Å². The molecule has 2 fully saturated rings. The van der Waals surface area contributed by atoms with E-state index in [9.17, 15) is 9.59 Å². The number of ether oxygens (including phenoxy) is 2. The molecule has 0 saturated carbocycles. The van der Waals surface area contributed by atoms with Crippen molar-refractivity contribution < 1.29 is 19.1 Å². The highest BCUT2D eigenvalue weighted by Crippen LogP contribution is 2.25. The van der Waals surface area contributed by atoms with Crippen molar-refractivity contribution in [3.63, 3.8) is 0 Å². The highest BCUT2D eigenvalue weighted by molar-refractivity contribution is 5.69. The molecule has 8 heteroatoms. The third-order valence-corrected chi connectivity index (χ3v) is 5.75. The molecule has 2 rings (SSSR count). The van der Waals surface area contributed by atoms with Crippen LogP contribution >= 0.6 is 0 Å². The van der Waals surface area contributed by atoms with Crippen molar-refractivity contribution in [2.24, 2.45) is 35.1 Å². The zero-order valence-corrected chi connectivity index (χ0v) is 22.0. The maximum atomic E-state index is 11.6. The van der Waals surface area contributed by atoms with Gasteiger partial charge in [0, 0.05) is 50.1 Å². The summed E-state index contributed by atoms with van der Waals surface area (Å²) in [5.74, 6) is 1.77. The fraction of sp³-hybridized carbons (Fsp3) is 0.917. The molecule has 32 heavy (non-hydrogen) atoms. The topological polar surface area (TPSA) is 111 Å². The average Bonchev–Trinajstić information content (AvgIpc) is 2.48. The molecule has 2 saturated heterocycles. The molecule has 8 nitrogen and oxygen atoms in total. The first-order chi connectivity index (χ1) is 14.4. The molecule has 0 radical (unpaired) electrons. The first-order valence-corrected chi connectivity index (χ1v) is 11.9. The molecule has 4 N–H and O–H groups in total. The molecule has 0 aromatic rings. The molecule has 2 aliphatic heterocycles. The van der Waals surface area contributed by atoms with Gasteiger partial charge in [-0.05, 0) is 53.4 Å². The van der Waals surface area contributed by atoms with Crippen molar-refractivity contribution in [1.82, 2.24) is 9.80 Å². The second-order valence-corrected chi connectivity index (χ2v) is 11.9. The number of hydrogen-bond acceptors (Lipinski definition) is 6. The number of hydrogen-bond donors (Lipinski definition) is 2. The fourth-order valence-electron chi connectivity index (χ4n) is 3.55. The van der Waals surface area contributed by atoms with Gasteiger partial charge < -0.3 is 30.7 Å². The lowest BCUT2D eigenvalue weighted by Crippen LogP contribution is -2.58. The van der Waals surface area contributed by atoms with E-state index < -0.39 is 11.2 Å². The fourth-order valence-corrected chi connectivity index (χ4v) is 3.55. The summed E-state index contributed by atoms with van der Waals surface area (Å²) in [5.41, 5.74) is 11.2. The third-order valence-electron chi connectivity index (χ3n) is 5.75. The maximum absolute atomic E-state index is 11.6. The van der Waals surface area contributed by atoms with Gasteiger partial charge in [0.2, 0.25) is 0 Å². The van der Waals surface area contributed by atoms with Gasteiger partial charge in [0.25, 0.3) is 0 Å². The average molecular weight is 457 g/mol. The Morgan fingerprint density at radius 2 is 0.938 bits per heavy atom. The predicted octanol–water partition coefficient (Wildman–Crippen LogP) is 3.67. The summed E-state index contributed by atoms with van der Waals surface area (Å²) >= 11 is 0. The van der Waals surface area contributed by atoms with Gasteiger partial charge in [-0.2, -0.15) is 0 Å². The maximum Gasteiger partial charge on any atom is 0.410 e. The molecule has 0 aliphatic carbocycles. The Balaban J connectivity index is 0.000000320. The first-order valence-electron chi connectivity index (χ1n) is 11.9. The number of likely N-dealkylation sites (tertiary alicyclic amines) is 2. The van der Waals surface area contributed by atoms with Crippen LogP contribution in [0.2, 0.25) is 0 Å². The van der Waals surface area contributed by atoms with E-state index in [2.05, 4.69) is 27.7 Å². The van der Waals surface area contributed by atoms with E-state index in [4.69, 9.17) is 20.9 Å². The molecule has 0 aromatic carbocycles. The molecule has 0 aromatic heterocycles. The zero-order chi connectivity index (χ0) is 25.0. The predicted molar refractivity (Wildman–Crippen MR) is 128 cm³/mol. The summed E-state index contributed by atoms with van der Waals surface area (Å²) in [6.45, 7) is 22.6. The SMILES string of the molecule is CC(C)[C@@H](N)C1CN(C(=O)OC(C)(C)C)C1.CC(C)[C@H](N)C1CN(C(=O)OC(C)(C)C)C1. The Hall–Kier alpha value is -1.54. The van der Waals surface area contributed by atoms with E-state index >= 15 is 0 Å². The van der Waals surface area contributed by atoms with Crippen LogP contribution in [0.15, 0.2) is 0 Å². The quantitative estimate of drug-likeness (QED) is 0.668.